The van der Waals surface area contributed by atoms with E-state index in [2.05, 4.69) is 25.7 Å². The minimum absolute atomic E-state index is 0.0858. The lowest BCUT2D eigenvalue weighted by Gasteiger charge is -2.13. The molecule has 0 atom stereocenters. The number of aromatic nitrogens is 5. The second kappa shape index (κ2) is 6.59. The van der Waals surface area contributed by atoms with E-state index in [1.807, 2.05) is 0 Å². The predicted molar refractivity (Wildman–Crippen MR) is 88.8 cm³/mol. The molecule has 11 heteroatoms. The van der Waals surface area contributed by atoms with Crippen molar-refractivity contribution < 1.29 is 18.9 Å². The number of imide groups is 1. The lowest BCUT2D eigenvalue weighted by atomic mass is 10.2. The van der Waals surface area contributed by atoms with Crippen molar-refractivity contribution in [3.8, 4) is 11.5 Å². The fourth-order valence-electron chi connectivity index (χ4n) is 2.83. The number of rotatable bonds is 5. The van der Waals surface area contributed by atoms with Gasteiger partial charge in [-0.25, -0.2) is 0 Å². The molecule has 0 unspecified atom stereocenters. The Hall–Kier alpha value is -3.63. The number of carbonyl (C=O) groups excluding carboxylic acids is 3. The smallest absolute Gasteiger partial charge is 0.261 e. The number of hydrogen-bond acceptors (Lipinski definition) is 8. The first-order valence-corrected chi connectivity index (χ1v) is 8.26. The number of carbonyl (C=O) groups is 3. The number of likely N-dealkylation sites (tertiary alicyclic amines) is 1. The van der Waals surface area contributed by atoms with Crippen LogP contribution in [0.15, 0.2) is 22.9 Å². The topological polar surface area (TPSA) is 136 Å². The molecule has 0 bridgehead atoms. The molecule has 3 aromatic heterocycles. The SMILES string of the molecule is Cc1noc(-c2cccn3c(CNC(=O)CN4C(=O)CCC4=O)nnc23)n1. The van der Waals surface area contributed by atoms with Crippen LogP contribution in [0.3, 0.4) is 0 Å². The Kier molecular flexibility index (Phi) is 4.11. The van der Waals surface area contributed by atoms with E-state index in [-0.39, 0.29) is 37.7 Å². The number of fused-ring (bicyclic) bond motifs is 1. The standard InChI is InChI=1S/C16H15N7O4/c1-9-18-16(27-21-9)10-3-2-6-22-11(19-20-15(10)22)7-17-12(24)8-23-13(25)4-5-14(23)26/h2-3,6H,4-5,7-8H2,1H3,(H,17,24). The highest BCUT2D eigenvalue weighted by atomic mass is 16.5. The molecular weight excluding hydrogens is 354 g/mol. The molecule has 3 amide bonds. The third kappa shape index (κ3) is 3.14. The van der Waals surface area contributed by atoms with E-state index in [0.717, 1.165) is 4.90 Å². The maximum absolute atomic E-state index is 12.1. The zero-order chi connectivity index (χ0) is 19.0. The lowest BCUT2D eigenvalue weighted by molar-refractivity contribution is -0.142. The molecule has 1 aliphatic rings. The van der Waals surface area contributed by atoms with Gasteiger partial charge in [0.25, 0.3) is 5.89 Å². The van der Waals surface area contributed by atoms with Gasteiger partial charge in [0.1, 0.15) is 6.54 Å². The largest absolute Gasteiger partial charge is 0.347 e. The van der Waals surface area contributed by atoms with E-state index >= 15 is 0 Å². The van der Waals surface area contributed by atoms with Gasteiger partial charge in [-0.3, -0.25) is 23.7 Å². The zero-order valence-corrected chi connectivity index (χ0v) is 14.4. The van der Waals surface area contributed by atoms with E-state index in [1.165, 1.54) is 0 Å². The maximum atomic E-state index is 12.1. The Balaban J connectivity index is 1.49. The van der Waals surface area contributed by atoms with Crippen molar-refractivity contribution in [1.29, 1.82) is 0 Å². The molecule has 4 rings (SSSR count). The molecule has 0 aromatic carbocycles. The molecule has 1 fully saturated rings. The Morgan fingerprint density at radius 2 is 2.04 bits per heavy atom. The van der Waals surface area contributed by atoms with E-state index in [4.69, 9.17) is 4.52 Å². The van der Waals surface area contributed by atoms with Crippen LogP contribution in [-0.4, -0.2) is 53.9 Å². The molecule has 1 aliphatic heterocycles. The van der Waals surface area contributed by atoms with Crippen molar-refractivity contribution >= 4 is 23.4 Å². The number of nitrogens with zero attached hydrogens (tertiary/aromatic N) is 6. The van der Waals surface area contributed by atoms with Gasteiger partial charge in [0.05, 0.1) is 12.1 Å². The van der Waals surface area contributed by atoms with Crippen LogP contribution in [0.2, 0.25) is 0 Å². The molecule has 4 heterocycles. The van der Waals surface area contributed by atoms with Crippen LogP contribution < -0.4 is 5.32 Å². The highest BCUT2D eigenvalue weighted by Gasteiger charge is 2.30. The second-order valence-corrected chi connectivity index (χ2v) is 6.03. The van der Waals surface area contributed by atoms with Crippen LogP contribution in [0.5, 0.6) is 0 Å². The normalized spacial score (nSPS) is 14.3. The molecule has 27 heavy (non-hydrogen) atoms. The summed E-state index contributed by atoms with van der Waals surface area (Å²) in [4.78, 5) is 40.4. The fourth-order valence-corrected chi connectivity index (χ4v) is 2.83. The predicted octanol–water partition coefficient (Wildman–Crippen LogP) is -0.147. The number of hydrogen-bond donors (Lipinski definition) is 1. The van der Waals surface area contributed by atoms with Gasteiger partial charge in [-0.15, -0.1) is 10.2 Å². The zero-order valence-electron chi connectivity index (χ0n) is 14.4. The highest BCUT2D eigenvalue weighted by molar-refractivity contribution is 6.04. The van der Waals surface area contributed by atoms with Gasteiger partial charge in [0.2, 0.25) is 17.7 Å². The minimum Gasteiger partial charge on any atom is -0.347 e. The highest BCUT2D eigenvalue weighted by Crippen LogP contribution is 2.22. The Bertz CT molecular complexity index is 1040. The number of amides is 3. The fraction of sp³-hybridized carbons (Fsp3) is 0.312. The third-order valence-electron chi connectivity index (χ3n) is 4.16. The molecule has 138 valence electrons. The van der Waals surface area contributed by atoms with Crippen LogP contribution in [0, 0.1) is 6.92 Å². The van der Waals surface area contributed by atoms with Crippen molar-refractivity contribution in [2.45, 2.75) is 26.3 Å². The number of aryl methyl sites for hydroxylation is 1. The number of nitrogens with one attached hydrogen (secondary N) is 1. The first-order valence-electron chi connectivity index (χ1n) is 8.26. The molecule has 0 spiro atoms. The van der Waals surface area contributed by atoms with Gasteiger partial charge in [-0.05, 0) is 19.1 Å². The second-order valence-electron chi connectivity index (χ2n) is 6.03. The van der Waals surface area contributed by atoms with E-state index in [0.29, 0.717) is 28.8 Å². The average Bonchev–Trinajstić information content (AvgIpc) is 3.35. The van der Waals surface area contributed by atoms with Crippen molar-refractivity contribution in [1.82, 2.24) is 35.0 Å². The summed E-state index contributed by atoms with van der Waals surface area (Å²) < 4.78 is 6.87. The van der Waals surface area contributed by atoms with Crippen LogP contribution in [0.25, 0.3) is 17.1 Å². The Morgan fingerprint density at radius 3 is 2.74 bits per heavy atom. The van der Waals surface area contributed by atoms with E-state index in [1.54, 1.807) is 29.7 Å². The summed E-state index contributed by atoms with van der Waals surface area (Å²) in [7, 11) is 0. The summed E-state index contributed by atoms with van der Waals surface area (Å²) >= 11 is 0. The molecule has 3 aromatic rings. The lowest BCUT2D eigenvalue weighted by Crippen LogP contribution is -2.39. The van der Waals surface area contributed by atoms with E-state index < -0.39 is 5.91 Å². The molecule has 0 saturated carbocycles. The van der Waals surface area contributed by atoms with Gasteiger partial charge in [-0.2, -0.15) is 4.98 Å². The van der Waals surface area contributed by atoms with E-state index in [9.17, 15) is 14.4 Å². The minimum atomic E-state index is -0.445. The van der Waals surface area contributed by atoms with Crippen molar-refractivity contribution in [2.75, 3.05) is 6.54 Å². The average molecular weight is 369 g/mol. The molecule has 0 aliphatic carbocycles. The number of pyridine rings is 1. The van der Waals surface area contributed by atoms with Gasteiger partial charge >= 0.3 is 0 Å². The molecule has 0 radical (unpaired) electrons. The van der Waals surface area contributed by atoms with Crippen LogP contribution in [0.1, 0.15) is 24.5 Å². The van der Waals surface area contributed by atoms with Crippen molar-refractivity contribution in [3.05, 3.63) is 30.0 Å². The molecule has 1 saturated heterocycles. The first kappa shape index (κ1) is 16.8. The van der Waals surface area contributed by atoms with Crippen molar-refractivity contribution in [2.24, 2.45) is 0 Å². The Morgan fingerprint density at radius 1 is 1.26 bits per heavy atom. The molecular formula is C16H15N7O4. The third-order valence-corrected chi connectivity index (χ3v) is 4.16. The van der Waals surface area contributed by atoms with Gasteiger partial charge in [0, 0.05) is 19.0 Å². The quantitative estimate of drug-likeness (QED) is 0.614. The summed E-state index contributed by atoms with van der Waals surface area (Å²) in [6.45, 7) is 1.51. The monoisotopic (exact) mass is 369 g/mol. The molecule has 1 N–H and O–H groups in total. The summed E-state index contributed by atoms with van der Waals surface area (Å²) in [6, 6.07) is 3.56. The first-order chi connectivity index (χ1) is 13.0. The molecule has 11 nitrogen and oxygen atoms in total. The summed E-state index contributed by atoms with van der Waals surface area (Å²) in [5.74, 6) is 0.205. The van der Waals surface area contributed by atoms with Gasteiger partial charge in [-0.1, -0.05) is 5.16 Å². The Labute approximate surface area is 152 Å². The van der Waals surface area contributed by atoms with Crippen LogP contribution >= 0.6 is 0 Å². The summed E-state index contributed by atoms with van der Waals surface area (Å²) in [5, 5.41) is 14.6. The summed E-state index contributed by atoms with van der Waals surface area (Å²) in [6.07, 6.45) is 2.05. The summed E-state index contributed by atoms with van der Waals surface area (Å²) in [5.41, 5.74) is 1.13. The van der Waals surface area contributed by atoms with Gasteiger partial charge in [0.15, 0.2) is 17.3 Å². The van der Waals surface area contributed by atoms with Crippen LogP contribution in [-0.2, 0) is 20.9 Å². The van der Waals surface area contributed by atoms with Crippen molar-refractivity contribution in [3.63, 3.8) is 0 Å². The van der Waals surface area contributed by atoms with Crippen LogP contribution in [0.4, 0.5) is 0 Å². The van der Waals surface area contributed by atoms with Gasteiger partial charge < -0.3 is 9.84 Å². The maximum Gasteiger partial charge on any atom is 0.261 e.